The monoisotopic (exact) mass is 421 g/mol. The SMILES string of the molecule is CC(=O)N1CCN(c2ccc(-c3cc(-c4ccccc4)c4c(C#N)cnn4c3)cc2)CC1. The van der Waals surface area contributed by atoms with Crippen LogP contribution < -0.4 is 4.90 Å². The molecule has 2 aromatic heterocycles. The topological polar surface area (TPSA) is 64.6 Å². The number of nitriles is 1. The highest BCUT2D eigenvalue weighted by Gasteiger charge is 2.19. The second kappa shape index (κ2) is 8.20. The molecule has 0 unspecified atom stereocenters. The van der Waals surface area contributed by atoms with E-state index in [-0.39, 0.29) is 5.91 Å². The third-order valence-electron chi connectivity index (χ3n) is 6.11. The first-order valence-electron chi connectivity index (χ1n) is 10.7. The van der Waals surface area contributed by atoms with Crippen molar-refractivity contribution in [2.24, 2.45) is 0 Å². The minimum atomic E-state index is 0.141. The van der Waals surface area contributed by atoms with Crippen LogP contribution in [0, 0.1) is 11.3 Å². The van der Waals surface area contributed by atoms with Crippen LogP contribution in [0.3, 0.4) is 0 Å². The first kappa shape index (κ1) is 19.8. The lowest BCUT2D eigenvalue weighted by Crippen LogP contribution is -2.48. The number of rotatable bonds is 3. The summed E-state index contributed by atoms with van der Waals surface area (Å²) in [5, 5.41) is 14.0. The molecular weight excluding hydrogens is 398 g/mol. The molecule has 1 aliphatic heterocycles. The van der Waals surface area contributed by atoms with Crippen molar-refractivity contribution in [2.45, 2.75) is 6.92 Å². The van der Waals surface area contributed by atoms with Crippen molar-refractivity contribution >= 4 is 17.1 Å². The maximum Gasteiger partial charge on any atom is 0.219 e. The van der Waals surface area contributed by atoms with Crippen LogP contribution in [0.5, 0.6) is 0 Å². The summed E-state index contributed by atoms with van der Waals surface area (Å²) in [4.78, 5) is 15.8. The van der Waals surface area contributed by atoms with Crippen molar-refractivity contribution in [3.8, 4) is 28.3 Å². The van der Waals surface area contributed by atoms with Gasteiger partial charge >= 0.3 is 0 Å². The molecule has 5 rings (SSSR count). The van der Waals surface area contributed by atoms with Gasteiger partial charge in [-0.15, -0.1) is 0 Å². The summed E-state index contributed by atoms with van der Waals surface area (Å²) in [6, 6.07) is 23.0. The van der Waals surface area contributed by atoms with Crippen LogP contribution >= 0.6 is 0 Å². The molecule has 0 radical (unpaired) electrons. The molecular formula is C26H23N5O. The number of aromatic nitrogens is 2. The van der Waals surface area contributed by atoms with Crippen molar-refractivity contribution in [1.29, 1.82) is 5.26 Å². The summed E-state index contributed by atoms with van der Waals surface area (Å²) in [5.41, 5.74) is 6.71. The lowest BCUT2D eigenvalue weighted by molar-refractivity contribution is -0.129. The minimum absolute atomic E-state index is 0.141. The Balaban J connectivity index is 1.49. The van der Waals surface area contributed by atoms with Gasteiger partial charge < -0.3 is 9.80 Å². The van der Waals surface area contributed by atoms with E-state index in [1.807, 2.05) is 29.3 Å². The maximum absolute atomic E-state index is 11.6. The second-order valence-electron chi connectivity index (χ2n) is 8.01. The van der Waals surface area contributed by atoms with Gasteiger partial charge in [0.2, 0.25) is 5.91 Å². The van der Waals surface area contributed by atoms with Gasteiger partial charge in [0.15, 0.2) is 0 Å². The van der Waals surface area contributed by atoms with Crippen LogP contribution in [-0.4, -0.2) is 46.6 Å². The lowest BCUT2D eigenvalue weighted by Gasteiger charge is -2.35. The second-order valence-corrected chi connectivity index (χ2v) is 8.01. The molecule has 6 heteroatoms. The van der Waals surface area contributed by atoms with Crippen LogP contribution in [0.2, 0.25) is 0 Å². The number of amides is 1. The van der Waals surface area contributed by atoms with Gasteiger partial charge in [0.25, 0.3) is 0 Å². The number of carbonyl (C=O) groups excluding carboxylic acids is 1. The minimum Gasteiger partial charge on any atom is -0.368 e. The molecule has 0 atom stereocenters. The molecule has 1 fully saturated rings. The van der Waals surface area contributed by atoms with Gasteiger partial charge in [-0.1, -0.05) is 42.5 Å². The maximum atomic E-state index is 11.6. The number of benzene rings is 2. The lowest BCUT2D eigenvalue weighted by atomic mass is 9.99. The Labute approximate surface area is 186 Å². The smallest absolute Gasteiger partial charge is 0.219 e. The predicted molar refractivity (Wildman–Crippen MR) is 125 cm³/mol. The fourth-order valence-electron chi connectivity index (χ4n) is 4.34. The number of anilines is 1. The standard InChI is InChI=1S/C26H23N5O/c1-19(32)29-11-13-30(14-12-29)24-9-7-20(8-10-24)22-15-25(21-5-3-2-4-6-21)26-23(16-27)17-28-31(26)18-22/h2-10,15,17-18H,11-14H2,1H3. The van der Waals surface area contributed by atoms with Gasteiger partial charge in [-0.25, -0.2) is 4.52 Å². The largest absolute Gasteiger partial charge is 0.368 e. The number of hydrogen-bond donors (Lipinski definition) is 0. The van der Waals surface area contributed by atoms with Crippen molar-refractivity contribution in [3.05, 3.63) is 78.6 Å². The highest BCUT2D eigenvalue weighted by molar-refractivity contribution is 5.87. The van der Waals surface area contributed by atoms with Crippen LogP contribution in [-0.2, 0) is 4.79 Å². The van der Waals surface area contributed by atoms with E-state index in [0.717, 1.165) is 59.6 Å². The number of hydrogen-bond acceptors (Lipinski definition) is 4. The zero-order chi connectivity index (χ0) is 22.1. The van der Waals surface area contributed by atoms with Gasteiger partial charge in [-0.05, 0) is 29.3 Å². The number of fused-ring (bicyclic) bond motifs is 1. The first-order valence-corrected chi connectivity index (χ1v) is 10.7. The van der Waals surface area contributed by atoms with Crippen molar-refractivity contribution < 1.29 is 4.79 Å². The molecule has 158 valence electrons. The Hall–Kier alpha value is -4.11. The highest BCUT2D eigenvalue weighted by Crippen LogP contribution is 2.32. The normalized spacial score (nSPS) is 13.9. The molecule has 0 spiro atoms. The number of pyridine rings is 1. The summed E-state index contributed by atoms with van der Waals surface area (Å²) in [6.45, 7) is 4.83. The predicted octanol–water partition coefficient (Wildman–Crippen LogP) is 4.21. The average Bonchev–Trinajstić information content (AvgIpc) is 3.27. The van der Waals surface area contributed by atoms with E-state index in [1.165, 1.54) is 0 Å². The van der Waals surface area contributed by atoms with Gasteiger partial charge in [0.05, 0.1) is 17.3 Å². The molecule has 0 N–H and O–H groups in total. The summed E-state index contributed by atoms with van der Waals surface area (Å²) in [7, 11) is 0. The van der Waals surface area contributed by atoms with Crippen LogP contribution in [0.25, 0.3) is 27.8 Å². The number of piperazine rings is 1. The molecule has 0 saturated carbocycles. The Morgan fingerprint density at radius 1 is 0.938 bits per heavy atom. The zero-order valence-corrected chi connectivity index (χ0v) is 17.9. The summed E-state index contributed by atoms with van der Waals surface area (Å²) in [6.07, 6.45) is 3.60. The number of nitrogens with zero attached hydrogens (tertiary/aromatic N) is 5. The number of carbonyl (C=O) groups is 1. The molecule has 1 amide bonds. The van der Waals surface area contributed by atoms with Gasteiger partial charge in [0, 0.05) is 56.1 Å². The van der Waals surface area contributed by atoms with Crippen molar-refractivity contribution in [1.82, 2.24) is 14.5 Å². The van der Waals surface area contributed by atoms with Crippen molar-refractivity contribution in [2.75, 3.05) is 31.1 Å². The third kappa shape index (κ3) is 3.58. The summed E-state index contributed by atoms with van der Waals surface area (Å²) in [5.74, 6) is 0.141. The Morgan fingerprint density at radius 3 is 2.31 bits per heavy atom. The molecule has 1 aliphatic rings. The molecule has 3 heterocycles. The molecule has 0 aliphatic carbocycles. The highest BCUT2D eigenvalue weighted by atomic mass is 16.2. The quantitative estimate of drug-likeness (QED) is 0.497. The zero-order valence-electron chi connectivity index (χ0n) is 17.9. The molecule has 1 saturated heterocycles. The van der Waals surface area contributed by atoms with Gasteiger partial charge in [0.1, 0.15) is 6.07 Å². The first-order chi connectivity index (χ1) is 15.6. The van der Waals surface area contributed by atoms with E-state index in [4.69, 9.17) is 0 Å². The van der Waals surface area contributed by atoms with Crippen molar-refractivity contribution in [3.63, 3.8) is 0 Å². The van der Waals surface area contributed by atoms with E-state index in [0.29, 0.717) is 5.56 Å². The Bertz CT molecular complexity index is 1310. The Morgan fingerprint density at radius 2 is 1.66 bits per heavy atom. The van der Waals surface area contributed by atoms with Crippen LogP contribution in [0.1, 0.15) is 12.5 Å². The average molecular weight is 422 g/mol. The van der Waals surface area contributed by atoms with Crippen LogP contribution in [0.15, 0.2) is 73.1 Å². The van der Waals surface area contributed by atoms with Crippen LogP contribution in [0.4, 0.5) is 5.69 Å². The Kier molecular flexibility index (Phi) is 5.08. The van der Waals surface area contributed by atoms with Gasteiger partial charge in [-0.2, -0.15) is 10.4 Å². The molecule has 32 heavy (non-hydrogen) atoms. The summed E-state index contributed by atoms with van der Waals surface area (Å²) >= 11 is 0. The van der Waals surface area contributed by atoms with E-state index in [2.05, 4.69) is 58.5 Å². The van der Waals surface area contributed by atoms with E-state index >= 15 is 0 Å². The molecule has 0 bridgehead atoms. The third-order valence-corrected chi connectivity index (χ3v) is 6.11. The van der Waals surface area contributed by atoms with E-state index in [9.17, 15) is 10.1 Å². The fraction of sp³-hybridized carbons (Fsp3) is 0.192. The van der Waals surface area contributed by atoms with E-state index in [1.54, 1.807) is 17.6 Å². The summed E-state index contributed by atoms with van der Waals surface area (Å²) < 4.78 is 1.80. The molecule has 2 aromatic carbocycles. The fourth-order valence-corrected chi connectivity index (χ4v) is 4.34. The molecule has 4 aromatic rings. The molecule has 6 nitrogen and oxygen atoms in total. The van der Waals surface area contributed by atoms with Gasteiger partial charge in [-0.3, -0.25) is 4.79 Å². The van der Waals surface area contributed by atoms with E-state index < -0.39 is 0 Å².